The van der Waals surface area contributed by atoms with Gasteiger partial charge in [-0.3, -0.25) is 0 Å². The maximum absolute atomic E-state index is 2.35. The number of anilines is 3. The summed E-state index contributed by atoms with van der Waals surface area (Å²) in [5.41, 5.74) is 18.4. The van der Waals surface area contributed by atoms with E-state index in [1.165, 1.54) is 66.8 Å². The minimum atomic E-state index is -0.00761. The molecule has 0 bridgehead atoms. The van der Waals surface area contributed by atoms with Crippen molar-refractivity contribution in [1.29, 1.82) is 0 Å². The summed E-state index contributed by atoms with van der Waals surface area (Å²) in [5.74, 6) is 0. The van der Waals surface area contributed by atoms with Crippen LogP contribution in [0.2, 0.25) is 0 Å². The predicted octanol–water partition coefficient (Wildman–Crippen LogP) is 14.7. The number of hydrogen-bond donors (Lipinski definition) is 0. The lowest BCUT2D eigenvalue weighted by Gasteiger charge is -2.26. The summed E-state index contributed by atoms with van der Waals surface area (Å²) in [6, 6.07) is 74.5. The van der Waals surface area contributed by atoms with Crippen molar-refractivity contribution in [2.24, 2.45) is 0 Å². The molecule has 1 nitrogen and oxygen atoms in total. The van der Waals surface area contributed by atoms with Gasteiger partial charge in [0.2, 0.25) is 0 Å². The Balaban J connectivity index is 0.972. The molecule has 0 unspecified atom stereocenters. The molecule has 1 aliphatic carbocycles. The molecule has 0 amide bonds. The second kappa shape index (κ2) is 14.0. The van der Waals surface area contributed by atoms with Crippen molar-refractivity contribution in [2.45, 2.75) is 19.3 Å². The van der Waals surface area contributed by atoms with E-state index in [9.17, 15) is 0 Å². The van der Waals surface area contributed by atoms with E-state index in [0.717, 1.165) is 17.1 Å². The summed E-state index contributed by atoms with van der Waals surface area (Å²) in [6.45, 7) is 4.65. The van der Waals surface area contributed by atoms with Gasteiger partial charge in [-0.15, -0.1) is 0 Å². The van der Waals surface area contributed by atoms with Gasteiger partial charge in [-0.1, -0.05) is 184 Å². The summed E-state index contributed by atoms with van der Waals surface area (Å²) < 4.78 is 0. The first-order valence-electron chi connectivity index (χ1n) is 18.8. The molecule has 1 aliphatic rings. The van der Waals surface area contributed by atoms with Gasteiger partial charge < -0.3 is 4.90 Å². The van der Waals surface area contributed by atoms with E-state index >= 15 is 0 Å². The van der Waals surface area contributed by atoms with Crippen LogP contribution in [0.25, 0.3) is 56.2 Å². The number of fused-ring (bicyclic) bond motifs is 1. The van der Waals surface area contributed by atoms with Crippen molar-refractivity contribution >= 4 is 28.7 Å². The summed E-state index contributed by atoms with van der Waals surface area (Å²) >= 11 is 0. The molecule has 0 aliphatic heterocycles. The molecule has 8 aromatic rings. The Morgan fingerprint density at radius 2 is 0.593 bits per heavy atom. The lowest BCUT2D eigenvalue weighted by molar-refractivity contribution is 0.704. The third-order valence-corrected chi connectivity index (χ3v) is 10.9. The zero-order valence-corrected chi connectivity index (χ0v) is 30.7. The Bertz CT molecular complexity index is 2460. The van der Waals surface area contributed by atoms with Crippen LogP contribution in [0.1, 0.15) is 30.5 Å². The highest BCUT2D eigenvalue weighted by Crippen LogP contribution is 2.46. The standard InChI is InChI=1S/C53H41N/c1-53(2)51-16-10-9-15-47(51)37-52(53)46-23-21-42(22-24-46)40-17-19-41(20-18-40)45-29-35-50(36-30-45)54(48-31-25-43(26-32-48)38-11-5-3-6-12-38)49-33-27-44(28-34-49)39-13-7-4-8-14-39/h3-37H,1-2H3. The van der Waals surface area contributed by atoms with Crippen LogP contribution < -0.4 is 4.90 Å². The summed E-state index contributed by atoms with van der Waals surface area (Å²) in [7, 11) is 0. The SMILES string of the molecule is CC1(C)C(c2ccc(-c3ccc(-c4ccc(N(c5ccc(-c6ccccc6)cc5)c5ccc(-c6ccccc6)cc5)cc4)cc3)cc2)=Cc2ccccc21. The number of rotatable bonds is 8. The van der Waals surface area contributed by atoms with Gasteiger partial charge in [-0.05, 0) is 109 Å². The molecule has 0 radical (unpaired) electrons. The van der Waals surface area contributed by atoms with E-state index in [-0.39, 0.29) is 5.41 Å². The average molecular weight is 692 g/mol. The van der Waals surface area contributed by atoms with Crippen molar-refractivity contribution in [1.82, 2.24) is 0 Å². The summed E-state index contributed by atoms with van der Waals surface area (Å²) in [6.07, 6.45) is 2.35. The van der Waals surface area contributed by atoms with Gasteiger partial charge in [-0.2, -0.15) is 0 Å². The second-order valence-corrected chi connectivity index (χ2v) is 14.6. The van der Waals surface area contributed by atoms with E-state index in [1.54, 1.807) is 0 Å². The van der Waals surface area contributed by atoms with Gasteiger partial charge in [0.15, 0.2) is 0 Å². The third kappa shape index (κ3) is 6.35. The minimum Gasteiger partial charge on any atom is -0.311 e. The molecule has 0 saturated carbocycles. The molecule has 0 atom stereocenters. The fourth-order valence-corrected chi connectivity index (χ4v) is 7.93. The largest absolute Gasteiger partial charge is 0.311 e. The Morgan fingerprint density at radius 3 is 0.963 bits per heavy atom. The van der Waals surface area contributed by atoms with E-state index in [2.05, 4.69) is 231 Å². The molecule has 9 rings (SSSR count). The number of hydrogen-bond acceptors (Lipinski definition) is 1. The fraction of sp³-hybridized carbons (Fsp3) is 0.0566. The van der Waals surface area contributed by atoms with Crippen LogP contribution in [0.3, 0.4) is 0 Å². The lowest BCUT2D eigenvalue weighted by atomic mass is 9.78. The highest BCUT2D eigenvalue weighted by Gasteiger charge is 2.33. The van der Waals surface area contributed by atoms with Crippen molar-refractivity contribution in [2.75, 3.05) is 4.90 Å². The molecule has 54 heavy (non-hydrogen) atoms. The topological polar surface area (TPSA) is 3.24 Å². The summed E-state index contributed by atoms with van der Waals surface area (Å²) in [4.78, 5) is 2.33. The highest BCUT2D eigenvalue weighted by atomic mass is 15.1. The highest BCUT2D eigenvalue weighted by molar-refractivity contribution is 5.94. The zero-order chi connectivity index (χ0) is 36.5. The van der Waals surface area contributed by atoms with E-state index in [1.807, 2.05) is 0 Å². The van der Waals surface area contributed by atoms with Gasteiger partial charge in [0.05, 0.1) is 0 Å². The van der Waals surface area contributed by atoms with Gasteiger partial charge >= 0.3 is 0 Å². The zero-order valence-electron chi connectivity index (χ0n) is 30.7. The number of benzene rings is 8. The Labute approximate surface area is 319 Å². The molecule has 1 heteroatoms. The predicted molar refractivity (Wildman–Crippen MR) is 230 cm³/mol. The van der Waals surface area contributed by atoms with Crippen molar-refractivity contribution < 1.29 is 0 Å². The minimum absolute atomic E-state index is 0.00761. The van der Waals surface area contributed by atoms with Crippen LogP contribution in [-0.4, -0.2) is 0 Å². The monoisotopic (exact) mass is 691 g/mol. The third-order valence-electron chi connectivity index (χ3n) is 10.9. The van der Waals surface area contributed by atoms with E-state index in [0.29, 0.717) is 0 Å². The molecular weight excluding hydrogens is 651 g/mol. The van der Waals surface area contributed by atoms with Crippen LogP contribution in [0.5, 0.6) is 0 Å². The quantitative estimate of drug-likeness (QED) is 0.153. The molecule has 0 spiro atoms. The molecule has 258 valence electrons. The Morgan fingerprint density at radius 1 is 0.296 bits per heavy atom. The molecular formula is C53H41N. The lowest BCUT2D eigenvalue weighted by Crippen LogP contribution is -2.16. The van der Waals surface area contributed by atoms with Crippen LogP contribution in [0, 0.1) is 0 Å². The van der Waals surface area contributed by atoms with Gasteiger partial charge in [0.25, 0.3) is 0 Å². The molecule has 0 aromatic heterocycles. The van der Waals surface area contributed by atoms with Gasteiger partial charge in [0, 0.05) is 22.5 Å². The first-order chi connectivity index (χ1) is 26.5. The van der Waals surface area contributed by atoms with Crippen molar-refractivity contribution in [3.05, 3.63) is 223 Å². The van der Waals surface area contributed by atoms with E-state index < -0.39 is 0 Å². The number of allylic oxidation sites excluding steroid dienone is 1. The van der Waals surface area contributed by atoms with Crippen molar-refractivity contribution in [3.63, 3.8) is 0 Å². The number of nitrogens with zero attached hydrogens (tertiary/aromatic N) is 1. The molecule has 0 saturated heterocycles. The normalized spacial score (nSPS) is 12.9. The molecule has 0 fully saturated rings. The fourth-order valence-electron chi connectivity index (χ4n) is 7.93. The maximum Gasteiger partial charge on any atom is 0.0462 e. The maximum atomic E-state index is 2.35. The molecule has 0 heterocycles. The first-order valence-corrected chi connectivity index (χ1v) is 18.8. The molecule has 8 aromatic carbocycles. The Hall–Kier alpha value is -6.70. The van der Waals surface area contributed by atoms with Crippen LogP contribution in [0.4, 0.5) is 17.1 Å². The van der Waals surface area contributed by atoms with Crippen LogP contribution in [0.15, 0.2) is 206 Å². The van der Waals surface area contributed by atoms with E-state index in [4.69, 9.17) is 0 Å². The Kier molecular flexibility index (Phi) is 8.61. The average Bonchev–Trinajstić information content (AvgIpc) is 3.52. The molecule has 0 N–H and O–H groups in total. The van der Waals surface area contributed by atoms with Crippen molar-refractivity contribution in [3.8, 4) is 44.5 Å². The second-order valence-electron chi connectivity index (χ2n) is 14.6. The summed E-state index contributed by atoms with van der Waals surface area (Å²) in [5, 5.41) is 0. The smallest absolute Gasteiger partial charge is 0.0462 e. The van der Waals surface area contributed by atoms with Gasteiger partial charge in [-0.25, -0.2) is 0 Å². The van der Waals surface area contributed by atoms with Crippen LogP contribution >= 0.6 is 0 Å². The first kappa shape index (κ1) is 33.2. The van der Waals surface area contributed by atoms with Gasteiger partial charge in [0.1, 0.15) is 0 Å². The van der Waals surface area contributed by atoms with Crippen LogP contribution in [-0.2, 0) is 5.41 Å².